The summed E-state index contributed by atoms with van der Waals surface area (Å²) in [7, 11) is 0. The van der Waals surface area contributed by atoms with E-state index in [9.17, 15) is 20.0 Å². The van der Waals surface area contributed by atoms with Crippen molar-refractivity contribution in [3.63, 3.8) is 0 Å². The number of anilines is 1. The highest BCUT2D eigenvalue weighted by Gasteiger charge is 2.33. The summed E-state index contributed by atoms with van der Waals surface area (Å²) in [6, 6.07) is 5.08. The number of carboxylic acids is 1. The predicted octanol–water partition coefficient (Wildman–Crippen LogP) is 2.14. The van der Waals surface area contributed by atoms with Gasteiger partial charge < -0.3 is 15.7 Å². The van der Waals surface area contributed by atoms with Crippen molar-refractivity contribution in [3.05, 3.63) is 34.4 Å². The SMILES string of the molecule is C[C@@H](C(=O)O)N(c1ccc([N+](=O)[O-])cc1)[C@@H]1CCCC[C@H]1N. The Morgan fingerprint density at radius 1 is 1.36 bits per heavy atom. The van der Waals surface area contributed by atoms with Crippen molar-refractivity contribution in [2.24, 2.45) is 5.73 Å². The first-order chi connectivity index (χ1) is 10.4. The highest BCUT2D eigenvalue weighted by atomic mass is 16.6. The highest BCUT2D eigenvalue weighted by molar-refractivity contribution is 5.78. The van der Waals surface area contributed by atoms with E-state index in [1.807, 2.05) is 0 Å². The fraction of sp³-hybridized carbons (Fsp3) is 0.533. The number of hydrogen-bond donors (Lipinski definition) is 2. The molecular formula is C15H21N3O4. The van der Waals surface area contributed by atoms with E-state index in [1.54, 1.807) is 24.0 Å². The molecule has 0 amide bonds. The highest BCUT2D eigenvalue weighted by Crippen LogP contribution is 2.30. The monoisotopic (exact) mass is 307 g/mol. The molecule has 0 spiro atoms. The van der Waals surface area contributed by atoms with Crippen LogP contribution in [-0.2, 0) is 4.79 Å². The van der Waals surface area contributed by atoms with Gasteiger partial charge in [-0.25, -0.2) is 4.79 Å². The van der Waals surface area contributed by atoms with E-state index in [0.29, 0.717) is 5.69 Å². The molecule has 0 radical (unpaired) electrons. The first-order valence-corrected chi connectivity index (χ1v) is 7.43. The van der Waals surface area contributed by atoms with Gasteiger partial charge >= 0.3 is 5.97 Å². The summed E-state index contributed by atoms with van der Waals surface area (Å²) < 4.78 is 0. The number of benzene rings is 1. The fourth-order valence-electron chi connectivity index (χ4n) is 3.05. The zero-order chi connectivity index (χ0) is 16.3. The molecule has 1 fully saturated rings. The maximum absolute atomic E-state index is 11.4. The number of aliphatic carboxylic acids is 1. The molecule has 1 aromatic rings. The Balaban J connectivity index is 2.34. The molecule has 1 aromatic carbocycles. The zero-order valence-corrected chi connectivity index (χ0v) is 12.5. The molecule has 22 heavy (non-hydrogen) atoms. The van der Waals surface area contributed by atoms with Crippen molar-refractivity contribution >= 4 is 17.3 Å². The average molecular weight is 307 g/mol. The number of nitrogens with zero attached hydrogens (tertiary/aromatic N) is 2. The molecule has 0 aromatic heterocycles. The average Bonchev–Trinajstić information content (AvgIpc) is 2.49. The molecule has 7 nitrogen and oxygen atoms in total. The van der Waals surface area contributed by atoms with Crippen LogP contribution in [0.4, 0.5) is 11.4 Å². The largest absolute Gasteiger partial charge is 0.480 e. The second-order valence-electron chi connectivity index (χ2n) is 5.71. The molecule has 1 saturated carbocycles. The third-order valence-electron chi connectivity index (χ3n) is 4.27. The van der Waals surface area contributed by atoms with Gasteiger partial charge in [0.05, 0.1) is 4.92 Å². The van der Waals surface area contributed by atoms with Crippen LogP contribution in [0.2, 0.25) is 0 Å². The van der Waals surface area contributed by atoms with Crippen molar-refractivity contribution in [1.82, 2.24) is 0 Å². The Morgan fingerprint density at radius 3 is 2.45 bits per heavy atom. The number of nitro groups is 1. The lowest BCUT2D eigenvalue weighted by molar-refractivity contribution is -0.384. The zero-order valence-electron chi connectivity index (χ0n) is 12.5. The summed E-state index contributed by atoms with van der Waals surface area (Å²) in [5.41, 5.74) is 6.83. The van der Waals surface area contributed by atoms with Gasteiger partial charge in [-0.3, -0.25) is 10.1 Å². The Morgan fingerprint density at radius 2 is 1.95 bits per heavy atom. The van der Waals surface area contributed by atoms with Crippen LogP contribution < -0.4 is 10.6 Å². The molecule has 3 N–H and O–H groups in total. The van der Waals surface area contributed by atoms with Gasteiger partial charge in [-0.05, 0) is 31.9 Å². The molecule has 0 aliphatic heterocycles. The molecule has 1 aliphatic carbocycles. The molecule has 0 unspecified atom stereocenters. The molecule has 0 saturated heterocycles. The number of carboxylic acid groups (broad SMARTS) is 1. The van der Waals surface area contributed by atoms with E-state index in [1.165, 1.54) is 12.1 Å². The summed E-state index contributed by atoms with van der Waals surface area (Å²) in [4.78, 5) is 23.5. The number of rotatable bonds is 5. The normalized spacial score (nSPS) is 22.8. The summed E-state index contributed by atoms with van der Waals surface area (Å²) in [6.07, 6.45) is 3.75. The quantitative estimate of drug-likeness (QED) is 0.637. The minimum absolute atomic E-state index is 0.0142. The number of nitro benzene ring substituents is 1. The van der Waals surface area contributed by atoms with Crippen LogP contribution in [0.5, 0.6) is 0 Å². The van der Waals surface area contributed by atoms with Gasteiger partial charge in [-0.2, -0.15) is 0 Å². The first-order valence-electron chi connectivity index (χ1n) is 7.43. The van der Waals surface area contributed by atoms with Crippen LogP contribution in [0.15, 0.2) is 24.3 Å². The van der Waals surface area contributed by atoms with Gasteiger partial charge in [0.25, 0.3) is 5.69 Å². The summed E-state index contributed by atoms with van der Waals surface area (Å²) in [6.45, 7) is 1.62. The van der Waals surface area contributed by atoms with Crippen molar-refractivity contribution < 1.29 is 14.8 Å². The fourth-order valence-corrected chi connectivity index (χ4v) is 3.05. The van der Waals surface area contributed by atoms with Crippen LogP contribution >= 0.6 is 0 Å². The summed E-state index contributed by atoms with van der Waals surface area (Å²) in [5, 5.41) is 20.1. The lowest BCUT2D eigenvalue weighted by Gasteiger charge is -2.42. The molecular weight excluding hydrogens is 286 g/mol. The summed E-state index contributed by atoms with van der Waals surface area (Å²) in [5.74, 6) is -0.934. The standard InChI is InChI=1S/C15H21N3O4/c1-10(15(19)20)17(14-5-3-2-4-13(14)16)11-6-8-12(9-7-11)18(21)22/h6-10,13-14H,2-5,16H2,1H3,(H,19,20)/t10-,13+,14+/m0/s1. The predicted molar refractivity (Wildman–Crippen MR) is 82.9 cm³/mol. The maximum atomic E-state index is 11.4. The number of hydrogen-bond acceptors (Lipinski definition) is 5. The van der Waals surface area contributed by atoms with Crippen LogP contribution in [0, 0.1) is 10.1 Å². The van der Waals surface area contributed by atoms with Gasteiger partial charge in [-0.1, -0.05) is 12.8 Å². The topological polar surface area (TPSA) is 110 Å². The molecule has 3 atom stereocenters. The lowest BCUT2D eigenvalue weighted by Crippen LogP contribution is -2.55. The second-order valence-corrected chi connectivity index (χ2v) is 5.71. The second kappa shape index (κ2) is 6.74. The molecule has 0 bridgehead atoms. The van der Waals surface area contributed by atoms with E-state index < -0.39 is 16.9 Å². The van der Waals surface area contributed by atoms with Gasteiger partial charge in [-0.15, -0.1) is 0 Å². The first kappa shape index (κ1) is 16.2. The molecule has 0 heterocycles. The van der Waals surface area contributed by atoms with E-state index >= 15 is 0 Å². The van der Waals surface area contributed by atoms with Gasteiger partial charge in [0, 0.05) is 29.9 Å². The Hall–Kier alpha value is -2.15. The van der Waals surface area contributed by atoms with Crippen LogP contribution in [0.1, 0.15) is 32.6 Å². The maximum Gasteiger partial charge on any atom is 0.326 e. The minimum Gasteiger partial charge on any atom is -0.480 e. The minimum atomic E-state index is -0.934. The van der Waals surface area contributed by atoms with E-state index in [4.69, 9.17) is 5.73 Å². The van der Waals surface area contributed by atoms with Crippen LogP contribution in [0.25, 0.3) is 0 Å². The van der Waals surface area contributed by atoms with Crippen molar-refractivity contribution in [1.29, 1.82) is 0 Å². The van der Waals surface area contributed by atoms with E-state index in [-0.39, 0.29) is 17.8 Å². The molecule has 7 heteroatoms. The van der Waals surface area contributed by atoms with Crippen LogP contribution in [-0.4, -0.2) is 34.1 Å². The van der Waals surface area contributed by atoms with Crippen molar-refractivity contribution in [3.8, 4) is 0 Å². The van der Waals surface area contributed by atoms with Gasteiger partial charge in [0.15, 0.2) is 0 Å². The lowest BCUT2D eigenvalue weighted by atomic mass is 9.88. The Kier molecular flexibility index (Phi) is 4.97. The van der Waals surface area contributed by atoms with Crippen molar-refractivity contribution in [2.75, 3.05) is 4.90 Å². The Labute approximate surface area is 128 Å². The third-order valence-corrected chi connectivity index (χ3v) is 4.27. The van der Waals surface area contributed by atoms with E-state index in [0.717, 1.165) is 25.7 Å². The molecule has 120 valence electrons. The van der Waals surface area contributed by atoms with Crippen LogP contribution in [0.3, 0.4) is 0 Å². The number of nitrogens with two attached hydrogens (primary N) is 1. The third kappa shape index (κ3) is 3.36. The number of carbonyl (C=O) groups is 1. The van der Waals surface area contributed by atoms with Gasteiger partial charge in [0.2, 0.25) is 0 Å². The summed E-state index contributed by atoms with van der Waals surface area (Å²) >= 11 is 0. The number of non-ortho nitro benzene ring substituents is 1. The van der Waals surface area contributed by atoms with E-state index in [2.05, 4.69) is 0 Å². The Bertz CT molecular complexity index is 546. The van der Waals surface area contributed by atoms with Gasteiger partial charge in [0.1, 0.15) is 6.04 Å². The van der Waals surface area contributed by atoms with Crippen molar-refractivity contribution in [2.45, 2.75) is 50.7 Å². The molecule has 1 aliphatic rings. The molecule has 2 rings (SSSR count). The smallest absolute Gasteiger partial charge is 0.326 e.